The van der Waals surface area contributed by atoms with Crippen LogP contribution < -0.4 is 11.1 Å². The smallest absolute Gasteiger partial charge is 0.251 e. The molecular weight excluding hydrogens is 354 g/mol. The van der Waals surface area contributed by atoms with Crippen molar-refractivity contribution in [3.63, 3.8) is 0 Å². The topological polar surface area (TPSA) is 80.7 Å². The first-order valence-electron chi connectivity index (χ1n) is 8.62. The summed E-state index contributed by atoms with van der Waals surface area (Å²) in [6.07, 6.45) is 0. The molecule has 3 N–H and O–H groups in total. The number of hydrogen-bond donors (Lipinski definition) is 2. The zero-order valence-electron chi connectivity index (χ0n) is 14.9. The van der Waals surface area contributed by atoms with Crippen molar-refractivity contribution in [2.24, 2.45) is 5.73 Å². The zero-order valence-corrected chi connectivity index (χ0v) is 15.8. The first-order chi connectivity index (χ1) is 12.2. The molecule has 0 saturated carbocycles. The van der Waals surface area contributed by atoms with Crippen molar-refractivity contribution < 1.29 is 13.9 Å². The summed E-state index contributed by atoms with van der Waals surface area (Å²) in [7, 11) is 0. The third-order valence-electron chi connectivity index (χ3n) is 4.48. The predicted octanol–water partition coefficient (Wildman–Crippen LogP) is 2.27. The number of hydrogen-bond acceptors (Lipinski definition) is 5. The van der Waals surface area contributed by atoms with Gasteiger partial charge in [-0.05, 0) is 36.8 Å². The van der Waals surface area contributed by atoms with Crippen molar-refractivity contribution in [3.05, 3.63) is 59.0 Å². The molecule has 3 rings (SSSR count). The summed E-state index contributed by atoms with van der Waals surface area (Å²) < 4.78 is 11.3. The molecular formula is C19H26ClN3O3. The molecule has 142 valence electrons. The van der Waals surface area contributed by atoms with Crippen LogP contribution in [0, 0.1) is 6.92 Å². The number of aryl methyl sites for hydroxylation is 1. The average molecular weight is 380 g/mol. The number of nitrogens with zero attached hydrogens (tertiary/aromatic N) is 1. The number of nitrogens with one attached hydrogen (secondary N) is 1. The van der Waals surface area contributed by atoms with Crippen LogP contribution in [0.4, 0.5) is 0 Å². The molecule has 1 amide bonds. The first-order valence-corrected chi connectivity index (χ1v) is 8.62. The second-order valence-corrected chi connectivity index (χ2v) is 6.22. The first kappa shape index (κ1) is 20.5. The van der Waals surface area contributed by atoms with Gasteiger partial charge in [0.15, 0.2) is 0 Å². The van der Waals surface area contributed by atoms with Gasteiger partial charge in [-0.25, -0.2) is 0 Å². The number of carbonyl (C=O) groups is 1. The standard InChI is InChI=1S/C19H25N3O3.ClH/c1-14-2-7-18(25-14)17(22-8-10-24-11-9-22)13-21-19(23)16-5-3-15(12-20)4-6-16;/h2-7,17H,8-13,20H2,1H3,(H,21,23);1H. The molecule has 2 aromatic rings. The molecule has 1 aliphatic heterocycles. The molecule has 0 radical (unpaired) electrons. The van der Waals surface area contributed by atoms with Crippen molar-refractivity contribution in [1.82, 2.24) is 10.2 Å². The molecule has 7 heteroatoms. The van der Waals surface area contributed by atoms with E-state index in [0.717, 1.165) is 30.2 Å². The molecule has 0 aliphatic carbocycles. The summed E-state index contributed by atoms with van der Waals surface area (Å²) in [6.45, 7) is 5.94. The number of ether oxygens (including phenoxy) is 1. The Labute approximate surface area is 160 Å². The maximum Gasteiger partial charge on any atom is 0.251 e. The van der Waals surface area contributed by atoms with Gasteiger partial charge in [0, 0.05) is 31.7 Å². The Kier molecular flexibility index (Phi) is 7.66. The van der Waals surface area contributed by atoms with Gasteiger partial charge in [0.2, 0.25) is 0 Å². The van der Waals surface area contributed by atoms with Crippen molar-refractivity contribution >= 4 is 18.3 Å². The lowest BCUT2D eigenvalue weighted by molar-refractivity contribution is 0.0117. The third-order valence-corrected chi connectivity index (χ3v) is 4.48. The van der Waals surface area contributed by atoms with Gasteiger partial charge in [0.25, 0.3) is 5.91 Å². The SMILES string of the molecule is Cc1ccc(C(CNC(=O)c2ccc(CN)cc2)N2CCOCC2)o1.Cl. The van der Waals surface area contributed by atoms with Crippen molar-refractivity contribution in [2.75, 3.05) is 32.8 Å². The van der Waals surface area contributed by atoms with Gasteiger partial charge in [0.1, 0.15) is 11.5 Å². The zero-order chi connectivity index (χ0) is 17.6. The molecule has 1 unspecified atom stereocenters. The number of morpholine rings is 1. The van der Waals surface area contributed by atoms with Crippen LogP contribution in [0.2, 0.25) is 0 Å². The van der Waals surface area contributed by atoms with Gasteiger partial charge in [-0.2, -0.15) is 0 Å². The van der Waals surface area contributed by atoms with E-state index in [9.17, 15) is 4.79 Å². The minimum atomic E-state index is -0.0925. The van der Waals surface area contributed by atoms with E-state index in [1.165, 1.54) is 0 Å². The highest BCUT2D eigenvalue weighted by molar-refractivity contribution is 5.94. The summed E-state index contributed by atoms with van der Waals surface area (Å²) in [5, 5.41) is 3.03. The van der Waals surface area contributed by atoms with Crippen LogP contribution in [-0.2, 0) is 11.3 Å². The summed E-state index contributed by atoms with van der Waals surface area (Å²) >= 11 is 0. The summed E-state index contributed by atoms with van der Waals surface area (Å²) in [5.41, 5.74) is 7.24. The normalized spacial score (nSPS) is 15.9. The lowest BCUT2D eigenvalue weighted by Gasteiger charge is -2.33. The number of furan rings is 1. The maximum atomic E-state index is 12.5. The van der Waals surface area contributed by atoms with Crippen LogP contribution in [0.1, 0.15) is 33.5 Å². The fraction of sp³-hybridized carbons (Fsp3) is 0.421. The van der Waals surface area contributed by atoms with Gasteiger partial charge < -0.3 is 20.2 Å². The number of benzene rings is 1. The molecule has 1 aromatic heterocycles. The van der Waals surface area contributed by atoms with Gasteiger partial charge in [-0.15, -0.1) is 12.4 Å². The molecule has 1 aromatic carbocycles. The molecule has 0 spiro atoms. The average Bonchev–Trinajstić information content (AvgIpc) is 3.09. The Morgan fingerprint density at radius 3 is 2.46 bits per heavy atom. The fourth-order valence-electron chi connectivity index (χ4n) is 3.01. The largest absolute Gasteiger partial charge is 0.465 e. The van der Waals surface area contributed by atoms with Gasteiger partial charge in [0.05, 0.1) is 19.3 Å². The van der Waals surface area contributed by atoms with E-state index in [0.29, 0.717) is 31.9 Å². The van der Waals surface area contributed by atoms with Gasteiger partial charge in [-0.1, -0.05) is 12.1 Å². The number of amides is 1. The number of rotatable bonds is 6. The van der Waals surface area contributed by atoms with Crippen LogP contribution in [0.15, 0.2) is 40.8 Å². The predicted molar refractivity (Wildman–Crippen MR) is 102 cm³/mol. The highest BCUT2D eigenvalue weighted by Crippen LogP contribution is 2.23. The highest BCUT2D eigenvalue weighted by Gasteiger charge is 2.25. The van der Waals surface area contributed by atoms with Crippen LogP contribution in [0.3, 0.4) is 0 Å². The van der Waals surface area contributed by atoms with Gasteiger partial charge >= 0.3 is 0 Å². The molecule has 1 atom stereocenters. The Bertz CT molecular complexity index is 696. The Morgan fingerprint density at radius 2 is 1.88 bits per heavy atom. The second-order valence-electron chi connectivity index (χ2n) is 6.22. The van der Waals surface area contributed by atoms with E-state index in [4.69, 9.17) is 14.9 Å². The molecule has 6 nitrogen and oxygen atoms in total. The Morgan fingerprint density at radius 1 is 1.19 bits per heavy atom. The van der Waals surface area contributed by atoms with Crippen molar-refractivity contribution in [3.8, 4) is 0 Å². The molecule has 1 fully saturated rings. The van der Waals surface area contributed by atoms with Crippen LogP contribution in [0.25, 0.3) is 0 Å². The number of nitrogens with two attached hydrogens (primary N) is 1. The summed E-state index contributed by atoms with van der Waals surface area (Å²) in [4.78, 5) is 14.7. The summed E-state index contributed by atoms with van der Waals surface area (Å²) in [6, 6.07) is 11.3. The quantitative estimate of drug-likeness (QED) is 0.804. The minimum absolute atomic E-state index is 0. The highest BCUT2D eigenvalue weighted by atomic mass is 35.5. The maximum absolute atomic E-state index is 12.5. The lowest BCUT2D eigenvalue weighted by atomic mass is 10.1. The van der Waals surface area contributed by atoms with Crippen LogP contribution >= 0.6 is 12.4 Å². The lowest BCUT2D eigenvalue weighted by Crippen LogP contribution is -2.43. The van der Waals surface area contributed by atoms with E-state index >= 15 is 0 Å². The Hall–Kier alpha value is -1.86. The van der Waals surface area contributed by atoms with Crippen molar-refractivity contribution in [1.29, 1.82) is 0 Å². The van der Waals surface area contributed by atoms with Crippen molar-refractivity contribution in [2.45, 2.75) is 19.5 Å². The second kappa shape index (κ2) is 9.73. The van der Waals surface area contributed by atoms with E-state index < -0.39 is 0 Å². The van der Waals surface area contributed by atoms with E-state index in [1.54, 1.807) is 12.1 Å². The molecule has 26 heavy (non-hydrogen) atoms. The van der Waals surface area contributed by atoms with E-state index in [2.05, 4.69) is 10.2 Å². The number of carbonyl (C=O) groups excluding carboxylic acids is 1. The molecule has 1 saturated heterocycles. The van der Waals surface area contributed by atoms with Crippen LogP contribution in [-0.4, -0.2) is 43.7 Å². The van der Waals surface area contributed by atoms with E-state index in [-0.39, 0.29) is 24.4 Å². The van der Waals surface area contributed by atoms with Gasteiger partial charge in [-0.3, -0.25) is 9.69 Å². The monoisotopic (exact) mass is 379 g/mol. The molecule has 1 aliphatic rings. The Balaban J connectivity index is 0.00000243. The van der Waals surface area contributed by atoms with Crippen LogP contribution in [0.5, 0.6) is 0 Å². The fourth-order valence-corrected chi connectivity index (χ4v) is 3.01. The van der Waals surface area contributed by atoms with E-state index in [1.807, 2.05) is 31.2 Å². The molecule has 0 bridgehead atoms. The number of halogens is 1. The third kappa shape index (κ3) is 5.08. The molecule has 2 heterocycles. The minimum Gasteiger partial charge on any atom is -0.465 e. The summed E-state index contributed by atoms with van der Waals surface area (Å²) in [5.74, 6) is 1.65.